The van der Waals surface area contributed by atoms with Crippen molar-refractivity contribution in [1.82, 2.24) is 14.1 Å². The summed E-state index contributed by atoms with van der Waals surface area (Å²) in [4.78, 5) is 13.4. The molecule has 0 radical (unpaired) electrons. The van der Waals surface area contributed by atoms with Crippen LogP contribution in [0.25, 0.3) is 0 Å². The molecular formula is C20H25N5O4S. The molecule has 0 spiro atoms. The van der Waals surface area contributed by atoms with E-state index in [-0.39, 0.29) is 31.6 Å². The first-order valence-corrected chi connectivity index (χ1v) is 11.7. The Hall–Kier alpha value is -2.43. The van der Waals surface area contributed by atoms with Crippen LogP contribution in [0, 0.1) is 6.92 Å². The van der Waals surface area contributed by atoms with E-state index < -0.39 is 15.3 Å². The second-order valence-corrected chi connectivity index (χ2v) is 10.4. The Kier molecular flexibility index (Phi) is 4.60. The topological polar surface area (TPSA) is 120 Å². The van der Waals surface area contributed by atoms with Gasteiger partial charge in [0.15, 0.2) is 0 Å². The van der Waals surface area contributed by atoms with Gasteiger partial charge in [0, 0.05) is 24.3 Å². The van der Waals surface area contributed by atoms with Crippen molar-refractivity contribution in [3.63, 3.8) is 0 Å². The van der Waals surface area contributed by atoms with Gasteiger partial charge >= 0.3 is 0 Å². The molecule has 0 saturated carbocycles. The molecule has 0 aliphatic carbocycles. The van der Waals surface area contributed by atoms with Gasteiger partial charge in [-0.2, -0.15) is 14.1 Å². The number of carbonyl (C=O) groups is 1. The van der Waals surface area contributed by atoms with E-state index in [2.05, 4.69) is 10.4 Å². The van der Waals surface area contributed by atoms with E-state index in [0.29, 0.717) is 37.4 Å². The number of sulfonamides is 1. The predicted octanol–water partition coefficient (Wildman–Crippen LogP) is 1.10. The normalized spacial score (nSPS) is 22.0. The Morgan fingerprint density at radius 2 is 2.13 bits per heavy atom. The van der Waals surface area contributed by atoms with Crippen LogP contribution in [0.15, 0.2) is 18.2 Å². The first-order chi connectivity index (χ1) is 14.4. The summed E-state index contributed by atoms with van der Waals surface area (Å²) in [5.74, 6) is -0.180. The van der Waals surface area contributed by atoms with Crippen LogP contribution >= 0.6 is 0 Å². The lowest BCUT2D eigenvalue weighted by Gasteiger charge is -2.33. The highest BCUT2D eigenvalue weighted by Gasteiger charge is 2.40. The van der Waals surface area contributed by atoms with Gasteiger partial charge in [-0.3, -0.25) is 4.79 Å². The number of hydrogen-bond donors (Lipinski definition) is 2. The van der Waals surface area contributed by atoms with Gasteiger partial charge in [-0.1, -0.05) is 18.2 Å². The zero-order chi connectivity index (χ0) is 21.0. The molecule has 1 aromatic carbocycles. The quantitative estimate of drug-likeness (QED) is 0.747. The predicted molar refractivity (Wildman–Crippen MR) is 112 cm³/mol. The van der Waals surface area contributed by atoms with Crippen LogP contribution in [0.3, 0.4) is 0 Å². The number of benzene rings is 1. The number of aromatic nitrogens is 2. The van der Waals surface area contributed by atoms with Gasteiger partial charge in [-0.25, -0.2) is 8.42 Å². The summed E-state index contributed by atoms with van der Waals surface area (Å²) in [6, 6.07) is 5.93. The standard InChI is InChI=1S/C20H25N5O4S/c1-12-3-2-4-14-15(5-7-22-18(12)14)20(26)25-19(21)16-6-8-24(9-17(16)23-25)30(27,28)13-10-29-11-13/h2-4,13,15,22H,5-11,21H2,1H3. The lowest BCUT2D eigenvalue weighted by molar-refractivity contribution is 0.0389. The molecular weight excluding hydrogens is 406 g/mol. The third-order valence-corrected chi connectivity index (χ3v) is 8.50. The molecule has 1 saturated heterocycles. The molecule has 1 fully saturated rings. The summed E-state index contributed by atoms with van der Waals surface area (Å²) < 4.78 is 33.2. The number of para-hydroxylation sites is 1. The van der Waals surface area contributed by atoms with Crippen LogP contribution < -0.4 is 11.1 Å². The van der Waals surface area contributed by atoms with E-state index in [1.807, 2.05) is 25.1 Å². The van der Waals surface area contributed by atoms with Gasteiger partial charge in [-0.15, -0.1) is 0 Å². The molecule has 0 amide bonds. The first kappa shape index (κ1) is 19.5. The van der Waals surface area contributed by atoms with Crippen LogP contribution in [0.5, 0.6) is 0 Å². The molecule has 9 nitrogen and oxygen atoms in total. The summed E-state index contributed by atoms with van der Waals surface area (Å²) in [7, 11) is -3.43. The Bertz CT molecular complexity index is 1120. The summed E-state index contributed by atoms with van der Waals surface area (Å²) in [5.41, 5.74) is 10.7. The van der Waals surface area contributed by atoms with Crippen LogP contribution in [-0.2, 0) is 27.7 Å². The van der Waals surface area contributed by atoms with E-state index in [1.54, 1.807) is 0 Å². The maximum atomic E-state index is 13.4. The van der Waals surface area contributed by atoms with Gasteiger partial charge in [-0.05, 0) is 30.9 Å². The highest BCUT2D eigenvalue weighted by atomic mass is 32.2. The second-order valence-electron chi connectivity index (χ2n) is 8.16. The number of nitrogen functional groups attached to an aromatic ring is 1. The Balaban J connectivity index is 1.44. The highest BCUT2D eigenvalue weighted by Crippen LogP contribution is 2.36. The number of aryl methyl sites for hydroxylation is 1. The molecule has 1 unspecified atom stereocenters. The number of carbonyl (C=O) groups excluding carboxylic acids is 1. The van der Waals surface area contributed by atoms with E-state index in [1.165, 1.54) is 8.99 Å². The van der Waals surface area contributed by atoms with Crippen LogP contribution in [0.2, 0.25) is 0 Å². The second kappa shape index (κ2) is 7.07. The summed E-state index contributed by atoms with van der Waals surface area (Å²) >= 11 is 0. The average Bonchev–Trinajstić information content (AvgIpc) is 3.02. The number of nitrogens with zero attached hydrogens (tertiary/aromatic N) is 3. The first-order valence-electron chi connectivity index (χ1n) is 10.2. The van der Waals surface area contributed by atoms with Crippen molar-refractivity contribution >= 4 is 27.4 Å². The number of anilines is 2. The maximum Gasteiger partial charge on any atom is 0.256 e. The number of rotatable bonds is 3. The minimum Gasteiger partial charge on any atom is -0.385 e. The van der Waals surface area contributed by atoms with Crippen molar-refractivity contribution in [1.29, 1.82) is 0 Å². The monoisotopic (exact) mass is 431 g/mol. The van der Waals surface area contributed by atoms with Gasteiger partial charge in [0.2, 0.25) is 10.0 Å². The molecule has 10 heteroatoms. The van der Waals surface area contributed by atoms with Gasteiger partial charge < -0.3 is 15.8 Å². The smallest absolute Gasteiger partial charge is 0.256 e. The molecule has 1 atom stereocenters. The van der Waals surface area contributed by atoms with E-state index in [4.69, 9.17) is 10.5 Å². The summed E-state index contributed by atoms with van der Waals surface area (Å²) in [6.45, 7) is 3.66. The molecule has 1 aromatic heterocycles. The fourth-order valence-electron chi connectivity index (χ4n) is 4.50. The fraction of sp³-hybridized carbons (Fsp3) is 0.500. The summed E-state index contributed by atoms with van der Waals surface area (Å²) in [5, 5.41) is 7.36. The fourth-order valence-corrected chi connectivity index (χ4v) is 6.10. The third kappa shape index (κ3) is 2.93. The molecule has 3 aliphatic rings. The Morgan fingerprint density at radius 3 is 2.87 bits per heavy atom. The number of nitrogens with one attached hydrogen (secondary N) is 1. The molecule has 4 heterocycles. The van der Waals surface area contributed by atoms with Crippen molar-refractivity contribution in [2.45, 2.75) is 37.5 Å². The van der Waals surface area contributed by atoms with E-state index in [9.17, 15) is 13.2 Å². The van der Waals surface area contributed by atoms with Crippen molar-refractivity contribution in [2.75, 3.05) is 37.4 Å². The van der Waals surface area contributed by atoms with Gasteiger partial charge in [0.05, 0.1) is 31.4 Å². The van der Waals surface area contributed by atoms with Crippen molar-refractivity contribution in [3.8, 4) is 0 Å². The zero-order valence-electron chi connectivity index (χ0n) is 16.8. The number of nitrogens with two attached hydrogens (primary N) is 1. The highest BCUT2D eigenvalue weighted by molar-refractivity contribution is 7.89. The van der Waals surface area contributed by atoms with Crippen molar-refractivity contribution < 1.29 is 17.9 Å². The summed E-state index contributed by atoms with van der Waals surface area (Å²) in [6.07, 6.45) is 1.10. The molecule has 2 aromatic rings. The largest absolute Gasteiger partial charge is 0.385 e. The minimum atomic E-state index is -3.43. The molecule has 5 rings (SSSR count). The third-order valence-electron chi connectivity index (χ3n) is 6.35. The number of fused-ring (bicyclic) bond motifs is 2. The average molecular weight is 432 g/mol. The zero-order valence-corrected chi connectivity index (χ0v) is 17.6. The van der Waals surface area contributed by atoms with Crippen LogP contribution in [-0.4, -0.2) is 60.0 Å². The van der Waals surface area contributed by atoms with Gasteiger partial charge in [0.25, 0.3) is 5.91 Å². The minimum absolute atomic E-state index is 0.139. The molecule has 30 heavy (non-hydrogen) atoms. The molecule has 3 N–H and O–H groups in total. The van der Waals surface area contributed by atoms with Gasteiger partial charge in [0.1, 0.15) is 11.1 Å². The van der Waals surface area contributed by atoms with Crippen LogP contribution in [0.1, 0.15) is 39.5 Å². The van der Waals surface area contributed by atoms with E-state index >= 15 is 0 Å². The lowest BCUT2D eigenvalue weighted by atomic mass is 9.88. The number of hydrogen-bond acceptors (Lipinski definition) is 7. The van der Waals surface area contributed by atoms with Crippen LogP contribution in [0.4, 0.5) is 11.5 Å². The van der Waals surface area contributed by atoms with Crippen molar-refractivity contribution in [3.05, 3.63) is 40.6 Å². The molecule has 3 aliphatic heterocycles. The Labute approximate surface area is 175 Å². The SMILES string of the molecule is Cc1cccc2c1NCCC2C(=O)n1nc2c(c1N)CCN(S(=O)(=O)C1COC1)C2. The van der Waals surface area contributed by atoms with Crippen molar-refractivity contribution in [2.24, 2.45) is 0 Å². The molecule has 160 valence electrons. The lowest BCUT2D eigenvalue weighted by Crippen LogP contribution is -2.49. The maximum absolute atomic E-state index is 13.4. The molecule has 0 bridgehead atoms. The Morgan fingerprint density at radius 1 is 1.33 bits per heavy atom. The number of ether oxygens (including phenoxy) is 1. The van der Waals surface area contributed by atoms with E-state index in [0.717, 1.165) is 22.4 Å².